The topological polar surface area (TPSA) is 83.5 Å². The molecule has 1 aromatic rings. The second kappa shape index (κ2) is 5.43. The number of carbonyl (C=O) groups excluding carboxylic acids is 1. The predicted octanol–water partition coefficient (Wildman–Crippen LogP) is 3.37. The van der Waals surface area contributed by atoms with E-state index in [9.17, 15) is 15.0 Å². The molecule has 0 atom stereocenters. The third-order valence-electron chi connectivity index (χ3n) is 3.30. The molecule has 0 unspecified atom stereocenters. The number of amides is 1. The summed E-state index contributed by atoms with van der Waals surface area (Å²) in [6, 6.07) is 3.54. The molecule has 0 saturated carbocycles. The van der Waals surface area contributed by atoms with Gasteiger partial charge in [0, 0.05) is 11.1 Å². The van der Waals surface area contributed by atoms with Crippen molar-refractivity contribution in [2.75, 3.05) is 0 Å². The number of phenolic OH excluding ortho intramolecular Hbond substituents is 1. The fourth-order valence-corrected chi connectivity index (χ4v) is 2.11. The zero-order chi connectivity index (χ0) is 16.6. The Labute approximate surface area is 126 Å². The molecule has 0 saturated heterocycles. The quantitative estimate of drug-likeness (QED) is 0.577. The van der Waals surface area contributed by atoms with Gasteiger partial charge in [-0.1, -0.05) is 41.5 Å². The second-order valence-corrected chi connectivity index (χ2v) is 7.36. The summed E-state index contributed by atoms with van der Waals surface area (Å²) in [5, 5.41) is 20.1. The lowest BCUT2D eigenvalue weighted by molar-refractivity contribution is -0.116. The summed E-state index contributed by atoms with van der Waals surface area (Å²) < 4.78 is 0. The first-order chi connectivity index (χ1) is 9.34. The highest BCUT2D eigenvalue weighted by molar-refractivity contribution is 5.94. The minimum absolute atomic E-state index is 0.255. The van der Waals surface area contributed by atoms with Crippen LogP contribution < -0.4 is 5.73 Å². The highest BCUT2D eigenvalue weighted by atomic mass is 16.3. The van der Waals surface area contributed by atoms with E-state index in [0.717, 1.165) is 11.1 Å². The molecular formula is C17H25NO3. The van der Waals surface area contributed by atoms with Crippen molar-refractivity contribution in [1.29, 1.82) is 0 Å². The number of phenols is 1. The molecule has 0 bridgehead atoms. The molecule has 4 heteroatoms. The lowest BCUT2D eigenvalue weighted by atomic mass is 9.78. The van der Waals surface area contributed by atoms with Crippen LogP contribution in [0.4, 0.5) is 0 Å². The molecule has 1 amide bonds. The zero-order valence-corrected chi connectivity index (χ0v) is 13.6. The number of hydrogen-bond donors (Lipinski definition) is 3. The lowest BCUT2D eigenvalue weighted by Gasteiger charge is -2.27. The van der Waals surface area contributed by atoms with E-state index in [4.69, 9.17) is 5.73 Å². The smallest absolute Gasteiger partial charge is 0.283 e. The predicted molar refractivity (Wildman–Crippen MR) is 85.3 cm³/mol. The van der Waals surface area contributed by atoms with E-state index >= 15 is 0 Å². The molecule has 4 nitrogen and oxygen atoms in total. The van der Waals surface area contributed by atoms with E-state index < -0.39 is 11.7 Å². The summed E-state index contributed by atoms with van der Waals surface area (Å²) in [5.74, 6) is -1.12. The molecule has 0 aliphatic carbocycles. The maximum atomic E-state index is 11.0. The Kier molecular flexibility index (Phi) is 4.42. The van der Waals surface area contributed by atoms with Crippen molar-refractivity contribution in [2.45, 2.75) is 52.4 Å². The molecule has 116 valence electrons. The molecule has 21 heavy (non-hydrogen) atoms. The molecule has 0 fully saturated rings. The molecule has 1 rings (SSSR count). The Morgan fingerprint density at radius 3 is 1.71 bits per heavy atom. The zero-order valence-electron chi connectivity index (χ0n) is 13.6. The van der Waals surface area contributed by atoms with Crippen molar-refractivity contribution in [3.05, 3.63) is 34.6 Å². The van der Waals surface area contributed by atoms with Crippen molar-refractivity contribution in [3.63, 3.8) is 0 Å². The number of aromatic hydroxyl groups is 1. The molecule has 0 spiro atoms. The molecule has 0 aliphatic rings. The number of hydrogen-bond acceptors (Lipinski definition) is 3. The van der Waals surface area contributed by atoms with Crippen molar-refractivity contribution in [3.8, 4) is 5.75 Å². The SMILES string of the molecule is CC(C)(C)c1cc(C=C(O)C(N)=O)cc(C(C)(C)C)c1O. The summed E-state index contributed by atoms with van der Waals surface area (Å²) in [6.45, 7) is 12.0. The summed E-state index contributed by atoms with van der Waals surface area (Å²) in [6.07, 6.45) is 1.33. The third-order valence-corrected chi connectivity index (χ3v) is 3.30. The summed E-state index contributed by atoms with van der Waals surface area (Å²) in [4.78, 5) is 11.0. The van der Waals surface area contributed by atoms with Gasteiger partial charge in [-0.3, -0.25) is 4.79 Å². The molecule has 0 heterocycles. The number of aliphatic hydroxyl groups excluding tert-OH is 1. The molecule has 4 N–H and O–H groups in total. The van der Waals surface area contributed by atoms with Crippen LogP contribution >= 0.6 is 0 Å². The van der Waals surface area contributed by atoms with Gasteiger partial charge in [0.05, 0.1) is 0 Å². The van der Waals surface area contributed by atoms with Gasteiger partial charge in [-0.25, -0.2) is 0 Å². The van der Waals surface area contributed by atoms with Gasteiger partial charge in [0.15, 0.2) is 5.76 Å². The number of carbonyl (C=O) groups is 1. The van der Waals surface area contributed by atoms with E-state index in [-0.39, 0.29) is 16.6 Å². The van der Waals surface area contributed by atoms with Gasteiger partial charge in [0.25, 0.3) is 5.91 Å². The van der Waals surface area contributed by atoms with Crippen LogP contribution in [0, 0.1) is 0 Å². The number of rotatable bonds is 2. The Bertz CT molecular complexity index is 552. The van der Waals surface area contributed by atoms with Gasteiger partial charge in [0.1, 0.15) is 5.75 Å². The van der Waals surface area contributed by atoms with Crippen LogP contribution in [0.25, 0.3) is 6.08 Å². The minimum Gasteiger partial charge on any atom is -0.507 e. The van der Waals surface area contributed by atoms with Gasteiger partial charge in [-0.2, -0.15) is 0 Å². The van der Waals surface area contributed by atoms with Gasteiger partial charge < -0.3 is 15.9 Å². The second-order valence-electron chi connectivity index (χ2n) is 7.36. The minimum atomic E-state index is -0.877. The van der Waals surface area contributed by atoms with Crippen molar-refractivity contribution < 1.29 is 15.0 Å². The highest BCUT2D eigenvalue weighted by Gasteiger charge is 2.26. The molecule has 0 radical (unpaired) electrons. The van der Waals surface area contributed by atoms with E-state index in [0.29, 0.717) is 5.56 Å². The Hall–Kier alpha value is -1.97. The van der Waals surface area contributed by atoms with E-state index in [1.165, 1.54) is 6.08 Å². The standard InChI is InChI=1S/C17H25NO3/c1-16(2,3)11-7-10(9-13(19)15(18)21)8-12(14(11)20)17(4,5)6/h7-9,19-20H,1-6H3,(H2,18,21). The van der Waals surface area contributed by atoms with Crippen LogP contribution in [0.1, 0.15) is 58.2 Å². The van der Waals surface area contributed by atoms with E-state index in [2.05, 4.69) is 0 Å². The number of aliphatic hydroxyl groups is 1. The van der Waals surface area contributed by atoms with E-state index in [1.54, 1.807) is 12.1 Å². The Balaban J connectivity index is 3.63. The van der Waals surface area contributed by atoms with Crippen LogP contribution in [0.3, 0.4) is 0 Å². The first-order valence-corrected chi connectivity index (χ1v) is 6.92. The number of nitrogens with two attached hydrogens (primary N) is 1. The van der Waals surface area contributed by atoms with Gasteiger partial charge in [-0.05, 0) is 34.6 Å². The molecule has 1 aromatic carbocycles. The maximum absolute atomic E-state index is 11.0. The largest absolute Gasteiger partial charge is 0.507 e. The van der Waals surface area contributed by atoms with E-state index in [1.807, 2.05) is 41.5 Å². The van der Waals surface area contributed by atoms with Crippen molar-refractivity contribution in [2.24, 2.45) is 5.73 Å². The summed E-state index contributed by atoms with van der Waals surface area (Å²) in [7, 11) is 0. The molecule has 0 aliphatic heterocycles. The van der Waals surface area contributed by atoms with Crippen molar-refractivity contribution in [1.82, 2.24) is 0 Å². The normalized spacial score (nSPS) is 13.3. The monoisotopic (exact) mass is 291 g/mol. The first-order valence-electron chi connectivity index (χ1n) is 6.92. The lowest BCUT2D eigenvalue weighted by Crippen LogP contribution is -2.18. The Morgan fingerprint density at radius 2 is 1.43 bits per heavy atom. The van der Waals surface area contributed by atoms with Crippen LogP contribution in [-0.4, -0.2) is 16.1 Å². The fourth-order valence-electron chi connectivity index (χ4n) is 2.11. The molecular weight excluding hydrogens is 266 g/mol. The third kappa shape index (κ3) is 4.00. The van der Waals surface area contributed by atoms with Gasteiger partial charge in [-0.15, -0.1) is 0 Å². The first kappa shape index (κ1) is 17.1. The van der Waals surface area contributed by atoms with Gasteiger partial charge >= 0.3 is 0 Å². The number of primary amides is 1. The van der Waals surface area contributed by atoms with Crippen LogP contribution in [-0.2, 0) is 15.6 Å². The summed E-state index contributed by atoms with van der Waals surface area (Å²) in [5.41, 5.74) is 6.68. The number of benzene rings is 1. The molecule has 0 aromatic heterocycles. The maximum Gasteiger partial charge on any atom is 0.283 e. The van der Waals surface area contributed by atoms with Crippen LogP contribution in [0.15, 0.2) is 17.9 Å². The highest BCUT2D eigenvalue weighted by Crippen LogP contribution is 2.40. The average Bonchev–Trinajstić information content (AvgIpc) is 2.27. The van der Waals surface area contributed by atoms with Crippen LogP contribution in [0.5, 0.6) is 5.75 Å². The fraction of sp³-hybridized carbons (Fsp3) is 0.471. The van der Waals surface area contributed by atoms with Crippen LogP contribution in [0.2, 0.25) is 0 Å². The Morgan fingerprint density at radius 1 is 1.05 bits per heavy atom. The average molecular weight is 291 g/mol. The summed E-state index contributed by atoms with van der Waals surface area (Å²) >= 11 is 0. The van der Waals surface area contributed by atoms with Gasteiger partial charge in [0.2, 0.25) is 0 Å². The van der Waals surface area contributed by atoms with Crippen molar-refractivity contribution >= 4 is 12.0 Å².